The van der Waals surface area contributed by atoms with Gasteiger partial charge in [0.05, 0.1) is 6.10 Å². The minimum absolute atomic E-state index is 0.109. The molecule has 4 nitrogen and oxygen atoms in total. The Hall–Kier alpha value is -1.10. The lowest BCUT2D eigenvalue weighted by Gasteiger charge is -2.31. The Morgan fingerprint density at radius 1 is 1.12 bits per heavy atom. The van der Waals surface area contributed by atoms with Crippen LogP contribution in [0.3, 0.4) is 0 Å². The number of piperidine rings is 1. The van der Waals surface area contributed by atoms with Crippen LogP contribution in [0.2, 0.25) is 0 Å². The van der Waals surface area contributed by atoms with Crippen LogP contribution >= 0.6 is 0 Å². The molecule has 1 atom stereocenters. The van der Waals surface area contributed by atoms with Crippen molar-refractivity contribution in [2.45, 2.75) is 63.6 Å². The smallest absolute Gasteiger partial charge is 0.0574 e. The Balaban J connectivity index is 1.43. The summed E-state index contributed by atoms with van der Waals surface area (Å²) >= 11 is 0. The van der Waals surface area contributed by atoms with Gasteiger partial charge in [-0.25, -0.2) is 0 Å². The third-order valence-corrected chi connectivity index (χ3v) is 6.09. The third-order valence-electron chi connectivity index (χ3n) is 6.09. The molecule has 2 fully saturated rings. The molecule has 1 aromatic rings. The summed E-state index contributed by atoms with van der Waals surface area (Å²) in [5.41, 5.74) is 2.63. The maximum Gasteiger partial charge on any atom is 0.0574 e. The van der Waals surface area contributed by atoms with E-state index in [1.165, 1.54) is 36.9 Å². The number of hydrogen-bond donors (Lipinski definition) is 2. The zero-order valence-electron chi connectivity index (χ0n) is 16.0. The lowest BCUT2D eigenvalue weighted by molar-refractivity contribution is 0.145. The van der Waals surface area contributed by atoms with Gasteiger partial charge in [0.25, 0.3) is 0 Å². The molecule has 3 rings (SSSR count). The number of aliphatic hydroxyl groups excluding tert-OH is 1. The number of likely N-dealkylation sites (N-methyl/N-ethyl adjacent to an activating group) is 1. The van der Waals surface area contributed by atoms with Gasteiger partial charge in [0.2, 0.25) is 0 Å². The predicted molar refractivity (Wildman–Crippen MR) is 105 cm³/mol. The molecule has 0 bridgehead atoms. The number of hydrogen-bond acceptors (Lipinski definition) is 4. The molecular formula is C21H35N3O. The first-order chi connectivity index (χ1) is 12.1. The van der Waals surface area contributed by atoms with Gasteiger partial charge in [-0.15, -0.1) is 0 Å². The van der Waals surface area contributed by atoms with Gasteiger partial charge in [-0.3, -0.25) is 0 Å². The van der Waals surface area contributed by atoms with Crippen LogP contribution in [0.5, 0.6) is 0 Å². The van der Waals surface area contributed by atoms with Crippen molar-refractivity contribution in [2.75, 3.05) is 38.1 Å². The first-order valence-electron chi connectivity index (χ1n) is 10.1. The van der Waals surface area contributed by atoms with Gasteiger partial charge >= 0.3 is 0 Å². The van der Waals surface area contributed by atoms with Gasteiger partial charge in [-0.2, -0.15) is 0 Å². The maximum atomic E-state index is 9.64. The van der Waals surface area contributed by atoms with Crippen molar-refractivity contribution in [3.63, 3.8) is 0 Å². The number of aliphatic hydroxyl groups is 1. The van der Waals surface area contributed by atoms with E-state index in [0.717, 1.165) is 45.1 Å². The number of nitrogens with one attached hydrogen (secondary N) is 1. The average Bonchev–Trinajstić information content (AvgIpc) is 3.17. The SMILES string of the molecule is CC(NCCN(C)C1CCCC1)c1ccc(N2CCC(O)CC2)cc1. The Kier molecular flexibility index (Phi) is 6.74. The summed E-state index contributed by atoms with van der Waals surface area (Å²) in [6.45, 7) is 6.34. The normalized spacial score (nSPS) is 21.2. The van der Waals surface area contributed by atoms with Crippen LogP contribution in [0.4, 0.5) is 5.69 Å². The molecule has 25 heavy (non-hydrogen) atoms. The van der Waals surface area contributed by atoms with Crippen LogP contribution in [0.1, 0.15) is 57.1 Å². The summed E-state index contributed by atoms with van der Waals surface area (Å²) in [4.78, 5) is 4.91. The highest BCUT2D eigenvalue weighted by Gasteiger charge is 2.19. The fourth-order valence-electron chi connectivity index (χ4n) is 4.20. The largest absolute Gasteiger partial charge is 0.393 e. The van der Waals surface area contributed by atoms with Gasteiger partial charge in [0.1, 0.15) is 0 Å². The van der Waals surface area contributed by atoms with Crippen LogP contribution in [0.15, 0.2) is 24.3 Å². The second kappa shape index (κ2) is 9.02. The van der Waals surface area contributed by atoms with Crippen molar-refractivity contribution in [1.29, 1.82) is 0 Å². The summed E-state index contributed by atoms with van der Waals surface area (Å²) in [6.07, 6.45) is 7.22. The van der Waals surface area contributed by atoms with E-state index < -0.39 is 0 Å². The van der Waals surface area contributed by atoms with Gasteiger partial charge < -0.3 is 20.2 Å². The quantitative estimate of drug-likeness (QED) is 0.796. The highest BCUT2D eigenvalue weighted by Crippen LogP contribution is 2.23. The molecule has 1 saturated heterocycles. The van der Waals surface area contributed by atoms with E-state index in [1.54, 1.807) is 0 Å². The van der Waals surface area contributed by atoms with Crippen molar-refractivity contribution in [2.24, 2.45) is 0 Å². The first kappa shape index (κ1) is 18.7. The van der Waals surface area contributed by atoms with Gasteiger partial charge in [-0.05, 0) is 57.4 Å². The minimum atomic E-state index is -0.109. The van der Waals surface area contributed by atoms with E-state index in [9.17, 15) is 5.11 Å². The van der Waals surface area contributed by atoms with Crippen LogP contribution in [-0.4, -0.2) is 55.4 Å². The first-order valence-corrected chi connectivity index (χ1v) is 10.1. The lowest BCUT2D eigenvalue weighted by atomic mass is 10.0. The van der Waals surface area contributed by atoms with Crippen molar-refractivity contribution in [3.8, 4) is 0 Å². The number of rotatable bonds is 7. The Morgan fingerprint density at radius 2 is 1.76 bits per heavy atom. The van der Waals surface area contributed by atoms with E-state index >= 15 is 0 Å². The zero-order chi connectivity index (χ0) is 17.6. The highest BCUT2D eigenvalue weighted by atomic mass is 16.3. The molecule has 1 unspecified atom stereocenters. The molecule has 140 valence electrons. The molecule has 2 N–H and O–H groups in total. The van der Waals surface area contributed by atoms with Gasteiger partial charge in [0, 0.05) is 44.0 Å². The predicted octanol–water partition coefficient (Wildman–Crippen LogP) is 3.17. The van der Waals surface area contributed by atoms with Crippen molar-refractivity contribution < 1.29 is 5.11 Å². The van der Waals surface area contributed by atoms with E-state index in [1.807, 2.05) is 0 Å². The van der Waals surface area contributed by atoms with Gasteiger partial charge in [0.15, 0.2) is 0 Å². The summed E-state index contributed by atoms with van der Waals surface area (Å²) in [7, 11) is 2.27. The fourth-order valence-corrected chi connectivity index (χ4v) is 4.20. The standard InChI is InChI=1S/C21H35N3O/c1-17(22-13-16-23(2)19-5-3-4-6-19)18-7-9-20(10-8-18)24-14-11-21(25)12-15-24/h7-10,17,19,21-22,25H,3-6,11-16H2,1-2H3. The molecule has 0 aromatic heterocycles. The molecule has 1 saturated carbocycles. The molecule has 0 amide bonds. The molecule has 1 heterocycles. The van der Waals surface area contributed by atoms with E-state index in [2.05, 4.69) is 53.4 Å². The molecule has 1 aliphatic heterocycles. The van der Waals surface area contributed by atoms with Crippen LogP contribution in [-0.2, 0) is 0 Å². The summed E-state index contributed by atoms with van der Waals surface area (Å²) in [6, 6.07) is 10.2. The minimum Gasteiger partial charge on any atom is -0.393 e. The molecule has 1 aromatic carbocycles. The summed E-state index contributed by atoms with van der Waals surface area (Å²) < 4.78 is 0. The number of nitrogens with zero attached hydrogens (tertiary/aromatic N) is 2. The average molecular weight is 346 g/mol. The van der Waals surface area contributed by atoms with Crippen LogP contribution < -0.4 is 10.2 Å². The molecule has 2 aliphatic rings. The summed E-state index contributed by atoms with van der Waals surface area (Å²) in [5, 5.41) is 13.3. The lowest BCUT2D eigenvalue weighted by Crippen LogP contribution is -2.36. The second-order valence-electron chi connectivity index (χ2n) is 7.90. The summed E-state index contributed by atoms with van der Waals surface area (Å²) in [5.74, 6) is 0. The van der Waals surface area contributed by atoms with Crippen LogP contribution in [0.25, 0.3) is 0 Å². The van der Waals surface area contributed by atoms with E-state index in [0.29, 0.717) is 6.04 Å². The second-order valence-corrected chi connectivity index (χ2v) is 7.90. The number of anilines is 1. The molecule has 4 heteroatoms. The topological polar surface area (TPSA) is 38.7 Å². The van der Waals surface area contributed by atoms with E-state index in [-0.39, 0.29) is 6.10 Å². The Morgan fingerprint density at radius 3 is 2.40 bits per heavy atom. The maximum absolute atomic E-state index is 9.64. The molecule has 0 spiro atoms. The molecular weight excluding hydrogens is 310 g/mol. The van der Waals surface area contributed by atoms with Crippen molar-refractivity contribution in [3.05, 3.63) is 29.8 Å². The van der Waals surface area contributed by atoms with Crippen molar-refractivity contribution >= 4 is 5.69 Å². The third kappa shape index (κ3) is 5.19. The molecule has 0 radical (unpaired) electrons. The fraction of sp³-hybridized carbons (Fsp3) is 0.714. The Labute approximate surface area is 153 Å². The monoisotopic (exact) mass is 345 g/mol. The highest BCUT2D eigenvalue weighted by molar-refractivity contribution is 5.48. The van der Waals surface area contributed by atoms with E-state index in [4.69, 9.17) is 0 Å². The van der Waals surface area contributed by atoms with Crippen molar-refractivity contribution in [1.82, 2.24) is 10.2 Å². The molecule has 1 aliphatic carbocycles. The Bertz CT molecular complexity index is 504. The number of benzene rings is 1. The van der Waals surface area contributed by atoms with Crippen LogP contribution in [0, 0.1) is 0 Å². The zero-order valence-corrected chi connectivity index (χ0v) is 16.0. The van der Waals surface area contributed by atoms with Gasteiger partial charge in [-0.1, -0.05) is 25.0 Å².